The SMILES string of the molecule is CC(C)CC(C(=O)OCc1ccccc1)(C(=O)OCc1ccccc1)[C@@H](CCCCCN1C(=O)c2ccccc2C1=O)[PH](=O)O. The second kappa shape index (κ2) is 15.8. The van der Waals surface area contributed by atoms with Gasteiger partial charge in [0, 0.05) is 6.54 Å². The van der Waals surface area contributed by atoms with Crippen molar-refractivity contribution >= 4 is 31.8 Å². The van der Waals surface area contributed by atoms with E-state index in [0.717, 1.165) is 0 Å². The van der Waals surface area contributed by atoms with Gasteiger partial charge in [0.25, 0.3) is 11.8 Å². The van der Waals surface area contributed by atoms with Crippen LogP contribution in [0.25, 0.3) is 0 Å². The fourth-order valence-corrected chi connectivity index (χ4v) is 7.07. The predicted octanol–water partition coefficient (Wildman–Crippen LogP) is 6.20. The van der Waals surface area contributed by atoms with Crippen LogP contribution in [0.15, 0.2) is 84.9 Å². The quantitative estimate of drug-likeness (QED) is 0.0650. The predicted molar refractivity (Wildman–Crippen MR) is 170 cm³/mol. The number of unbranched alkanes of at least 4 members (excludes halogenated alkanes) is 2. The average Bonchev–Trinajstić information content (AvgIpc) is 3.28. The molecule has 1 unspecified atom stereocenters. The fraction of sp³-hybridized carbons (Fsp3) is 0.371. The van der Waals surface area contributed by atoms with Gasteiger partial charge < -0.3 is 14.4 Å². The summed E-state index contributed by atoms with van der Waals surface area (Å²) in [6, 6.07) is 24.7. The van der Waals surface area contributed by atoms with Crippen LogP contribution in [-0.2, 0) is 36.8 Å². The lowest BCUT2D eigenvalue weighted by molar-refractivity contribution is -0.176. The van der Waals surface area contributed by atoms with Crippen LogP contribution in [0.4, 0.5) is 0 Å². The van der Waals surface area contributed by atoms with Crippen LogP contribution < -0.4 is 0 Å². The minimum absolute atomic E-state index is 0.0368. The largest absolute Gasteiger partial charge is 0.460 e. The Kier molecular flexibility index (Phi) is 11.9. The Bertz CT molecular complexity index is 1420. The van der Waals surface area contributed by atoms with Crippen LogP contribution in [0.2, 0.25) is 0 Å². The summed E-state index contributed by atoms with van der Waals surface area (Å²) in [6.07, 6.45) is 1.37. The molecule has 1 aliphatic rings. The summed E-state index contributed by atoms with van der Waals surface area (Å²) in [5.74, 6) is -2.67. The number of hydrogen-bond donors (Lipinski definition) is 1. The van der Waals surface area contributed by atoms with Crippen LogP contribution in [0.5, 0.6) is 0 Å². The Balaban J connectivity index is 1.51. The van der Waals surface area contributed by atoms with Crippen molar-refractivity contribution in [2.45, 2.75) is 64.8 Å². The number of amides is 2. The number of rotatable bonds is 16. The summed E-state index contributed by atoms with van der Waals surface area (Å²) < 4.78 is 24.4. The molecule has 0 aromatic heterocycles. The third-order valence-electron chi connectivity index (χ3n) is 8.03. The molecule has 0 saturated carbocycles. The molecule has 0 spiro atoms. The zero-order valence-corrected chi connectivity index (χ0v) is 26.6. The van der Waals surface area contributed by atoms with E-state index < -0.39 is 31.0 Å². The van der Waals surface area contributed by atoms with Gasteiger partial charge >= 0.3 is 11.9 Å². The molecule has 0 saturated heterocycles. The maximum Gasteiger partial charge on any atom is 0.324 e. The number of ether oxygens (including phenoxy) is 2. The molecule has 1 heterocycles. The van der Waals surface area contributed by atoms with Gasteiger partial charge in [-0.1, -0.05) is 99.5 Å². The molecule has 0 fully saturated rings. The smallest absolute Gasteiger partial charge is 0.324 e. The van der Waals surface area contributed by atoms with Gasteiger partial charge in [0.1, 0.15) is 13.2 Å². The number of carbonyl (C=O) groups is 4. The Labute approximate surface area is 264 Å². The van der Waals surface area contributed by atoms with Crippen LogP contribution >= 0.6 is 8.03 Å². The number of esters is 2. The zero-order chi connectivity index (χ0) is 32.4. The molecule has 1 N–H and O–H groups in total. The molecular weight excluding hydrogens is 593 g/mol. The molecule has 2 amide bonds. The van der Waals surface area contributed by atoms with Gasteiger partial charge in [0.15, 0.2) is 13.4 Å². The highest BCUT2D eigenvalue weighted by molar-refractivity contribution is 7.39. The van der Waals surface area contributed by atoms with Crippen molar-refractivity contribution in [3.8, 4) is 0 Å². The molecule has 0 radical (unpaired) electrons. The number of nitrogens with zero attached hydrogens (tertiary/aromatic N) is 1. The highest BCUT2D eigenvalue weighted by Gasteiger charge is 2.57. The first-order valence-corrected chi connectivity index (χ1v) is 16.7. The molecule has 238 valence electrons. The lowest BCUT2D eigenvalue weighted by Crippen LogP contribution is -2.50. The Morgan fingerprint density at radius 1 is 0.756 bits per heavy atom. The van der Waals surface area contributed by atoms with Crippen molar-refractivity contribution in [2.75, 3.05) is 6.54 Å². The second-order valence-electron chi connectivity index (χ2n) is 11.7. The van der Waals surface area contributed by atoms with Crippen molar-refractivity contribution in [1.82, 2.24) is 4.90 Å². The molecule has 45 heavy (non-hydrogen) atoms. The summed E-state index contributed by atoms with van der Waals surface area (Å²) >= 11 is 0. The topological polar surface area (TPSA) is 127 Å². The van der Waals surface area contributed by atoms with E-state index in [1.54, 1.807) is 72.8 Å². The molecule has 3 aromatic carbocycles. The fourth-order valence-electron chi connectivity index (χ4n) is 5.84. The molecule has 0 bridgehead atoms. The maximum absolute atomic E-state index is 14.0. The van der Waals surface area contributed by atoms with Gasteiger partial charge in [0.05, 0.1) is 16.8 Å². The summed E-state index contributed by atoms with van der Waals surface area (Å²) in [4.78, 5) is 65.3. The molecular formula is C35H40NO8P. The van der Waals surface area contributed by atoms with Crippen LogP contribution in [0.1, 0.15) is 77.8 Å². The number of benzene rings is 3. The highest BCUT2D eigenvalue weighted by Crippen LogP contribution is 2.47. The average molecular weight is 634 g/mol. The molecule has 0 aliphatic carbocycles. The first-order valence-electron chi connectivity index (χ1n) is 15.3. The van der Waals surface area contributed by atoms with Crippen molar-refractivity contribution in [3.05, 3.63) is 107 Å². The van der Waals surface area contributed by atoms with E-state index in [9.17, 15) is 28.6 Å². The molecule has 4 rings (SSSR count). The Morgan fingerprint density at radius 2 is 1.22 bits per heavy atom. The van der Waals surface area contributed by atoms with Gasteiger partial charge in [0.2, 0.25) is 0 Å². The van der Waals surface area contributed by atoms with E-state index in [1.807, 2.05) is 26.0 Å². The van der Waals surface area contributed by atoms with Crippen molar-refractivity contribution in [3.63, 3.8) is 0 Å². The molecule has 2 atom stereocenters. The maximum atomic E-state index is 14.0. The zero-order valence-electron chi connectivity index (χ0n) is 25.6. The van der Waals surface area contributed by atoms with E-state index in [1.165, 1.54) is 4.90 Å². The monoisotopic (exact) mass is 633 g/mol. The third kappa shape index (κ3) is 8.16. The van der Waals surface area contributed by atoms with Crippen molar-refractivity contribution in [1.29, 1.82) is 0 Å². The summed E-state index contributed by atoms with van der Waals surface area (Å²) in [5, 5.41) is 0. The third-order valence-corrected chi connectivity index (χ3v) is 9.41. The lowest BCUT2D eigenvalue weighted by Gasteiger charge is -2.36. The van der Waals surface area contributed by atoms with Crippen molar-refractivity contribution in [2.24, 2.45) is 11.3 Å². The van der Waals surface area contributed by atoms with Crippen molar-refractivity contribution < 1.29 is 38.1 Å². The minimum atomic E-state index is -3.45. The number of imide groups is 1. The second-order valence-corrected chi connectivity index (χ2v) is 13.1. The molecule has 10 heteroatoms. The lowest BCUT2D eigenvalue weighted by atomic mass is 9.75. The van der Waals surface area contributed by atoms with Crippen LogP contribution in [0.3, 0.4) is 0 Å². The standard InChI is InChI=1S/C35H40NO8P/c1-25(2)22-35(33(39)43-23-26-14-6-3-7-15-26,34(40)44-24-27-16-8-4-9-17-27)30(45(41)42)20-10-5-13-21-36-31(37)28-18-11-12-19-29(28)32(36)38/h3-4,6-9,11-12,14-19,25,30,45H,5,10,13,20-24H2,1-2H3,(H,41,42)/t30-/m1/s1. The highest BCUT2D eigenvalue weighted by atomic mass is 31.1. The van der Waals surface area contributed by atoms with Gasteiger partial charge in [-0.15, -0.1) is 0 Å². The van der Waals surface area contributed by atoms with Gasteiger partial charge in [-0.2, -0.15) is 0 Å². The number of hydrogen-bond acceptors (Lipinski definition) is 7. The van der Waals surface area contributed by atoms with E-state index in [4.69, 9.17) is 9.47 Å². The van der Waals surface area contributed by atoms with Crippen LogP contribution in [0, 0.1) is 11.3 Å². The Hall–Kier alpha value is -4.07. The number of fused-ring (bicyclic) bond motifs is 1. The first-order chi connectivity index (χ1) is 21.6. The Morgan fingerprint density at radius 3 is 1.67 bits per heavy atom. The molecule has 9 nitrogen and oxygen atoms in total. The number of carbonyl (C=O) groups excluding carboxylic acids is 4. The van der Waals surface area contributed by atoms with Gasteiger partial charge in [-0.25, -0.2) is 0 Å². The molecule has 1 aliphatic heterocycles. The minimum Gasteiger partial charge on any atom is -0.460 e. The normalized spacial score (nSPS) is 14.3. The van der Waals surface area contributed by atoms with Gasteiger partial charge in [-0.05, 0) is 48.4 Å². The van der Waals surface area contributed by atoms with E-state index >= 15 is 0 Å². The van der Waals surface area contributed by atoms with E-state index in [-0.39, 0.29) is 50.3 Å². The first kappa shape index (κ1) is 33.8. The summed E-state index contributed by atoms with van der Waals surface area (Å²) in [7, 11) is -3.45. The summed E-state index contributed by atoms with van der Waals surface area (Å²) in [5.41, 5.74) is -1.07. The van der Waals surface area contributed by atoms with Gasteiger partial charge in [-0.3, -0.25) is 28.6 Å². The van der Waals surface area contributed by atoms with E-state index in [0.29, 0.717) is 41.5 Å². The van der Waals surface area contributed by atoms with Crippen LogP contribution in [-0.4, -0.2) is 45.8 Å². The summed E-state index contributed by atoms with van der Waals surface area (Å²) in [6.45, 7) is 3.64. The van der Waals surface area contributed by atoms with E-state index in [2.05, 4.69) is 0 Å². The molecule has 3 aromatic rings.